The van der Waals surface area contributed by atoms with Crippen molar-refractivity contribution in [2.24, 2.45) is 0 Å². The van der Waals surface area contributed by atoms with Gasteiger partial charge in [-0.05, 0) is 13.0 Å². The molecule has 2 rings (SSSR count). The molecule has 0 saturated carbocycles. The highest BCUT2D eigenvalue weighted by molar-refractivity contribution is 7.09. The Kier molecular flexibility index (Phi) is 4.66. The zero-order valence-electron chi connectivity index (χ0n) is 10.4. The minimum absolute atomic E-state index is 0.0504. The van der Waals surface area contributed by atoms with E-state index in [1.54, 1.807) is 28.0 Å². The van der Waals surface area contributed by atoms with Gasteiger partial charge in [-0.2, -0.15) is 0 Å². The Balaban J connectivity index is 1.68. The first-order chi connectivity index (χ1) is 8.75. The predicted molar refractivity (Wildman–Crippen MR) is 74.1 cm³/mol. The monoisotopic (exact) mass is 263 g/mol. The molecule has 0 aromatic carbocycles. The van der Waals surface area contributed by atoms with Crippen LogP contribution in [-0.4, -0.2) is 22.6 Å². The zero-order valence-corrected chi connectivity index (χ0v) is 11.2. The summed E-state index contributed by atoms with van der Waals surface area (Å²) in [4.78, 5) is 15.8. The van der Waals surface area contributed by atoms with Gasteiger partial charge < -0.3 is 9.88 Å². The lowest BCUT2D eigenvalue weighted by Crippen LogP contribution is -2.27. The molecule has 0 bridgehead atoms. The third-order valence-electron chi connectivity index (χ3n) is 2.65. The molecule has 0 aliphatic rings. The Morgan fingerprint density at radius 1 is 1.39 bits per heavy atom. The Hall–Kier alpha value is -1.46. The fourth-order valence-electron chi connectivity index (χ4n) is 1.71. The van der Waals surface area contributed by atoms with Crippen LogP contribution in [0, 0.1) is 6.92 Å². The van der Waals surface area contributed by atoms with Crippen molar-refractivity contribution in [3.8, 4) is 0 Å². The van der Waals surface area contributed by atoms with E-state index in [1.807, 2.05) is 19.2 Å². The van der Waals surface area contributed by atoms with Crippen molar-refractivity contribution in [2.45, 2.75) is 19.9 Å². The van der Waals surface area contributed by atoms with Crippen LogP contribution in [0.4, 0.5) is 0 Å². The van der Waals surface area contributed by atoms with Crippen molar-refractivity contribution < 1.29 is 0 Å². The second-order valence-corrected chi connectivity index (χ2v) is 5.15. The molecule has 0 atom stereocenters. The van der Waals surface area contributed by atoms with E-state index in [4.69, 9.17) is 0 Å². The first-order valence-electron chi connectivity index (χ1n) is 6.03. The molecule has 4 nitrogen and oxygen atoms in total. The largest absolute Gasteiger partial charge is 0.315 e. The van der Waals surface area contributed by atoms with Crippen LogP contribution in [0.2, 0.25) is 0 Å². The highest BCUT2D eigenvalue weighted by Gasteiger charge is 1.98. The topological polar surface area (TPSA) is 46.9 Å². The average molecular weight is 263 g/mol. The summed E-state index contributed by atoms with van der Waals surface area (Å²) in [5, 5.41) is 6.53. The maximum Gasteiger partial charge on any atom is 0.250 e. The maximum absolute atomic E-state index is 11.4. The molecule has 1 N–H and O–H groups in total. The van der Waals surface area contributed by atoms with Crippen molar-refractivity contribution in [3.63, 3.8) is 0 Å². The number of nitrogens with one attached hydrogen (secondary N) is 1. The van der Waals surface area contributed by atoms with E-state index in [-0.39, 0.29) is 5.56 Å². The SMILES string of the molecule is Cc1nc(CCNCCn2ccccc2=O)cs1. The van der Waals surface area contributed by atoms with Crippen molar-refractivity contribution in [1.29, 1.82) is 0 Å². The fourth-order valence-corrected chi connectivity index (χ4v) is 2.36. The third kappa shape index (κ3) is 3.78. The molecule has 2 aromatic heterocycles. The number of aryl methyl sites for hydroxylation is 1. The maximum atomic E-state index is 11.4. The Bertz CT molecular complexity index is 547. The highest BCUT2D eigenvalue weighted by Crippen LogP contribution is 2.07. The fraction of sp³-hybridized carbons (Fsp3) is 0.385. The molecule has 0 fully saturated rings. The van der Waals surface area contributed by atoms with Crippen LogP contribution in [0.15, 0.2) is 34.6 Å². The van der Waals surface area contributed by atoms with E-state index in [0.29, 0.717) is 6.54 Å². The molecule has 2 aromatic rings. The van der Waals surface area contributed by atoms with Gasteiger partial charge in [-0.3, -0.25) is 4.79 Å². The number of rotatable bonds is 6. The van der Waals surface area contributed by atoms with Crippen LogP contribution >= 0.6 is 11.3 Å². The Morgan fingerprint density at radius 2 is 2.28 bits per heavy atom. The smallest absolute Gasteiger partial charge is 0.250 e. The van der Waals surface area contributed by atoms with Gasteiger partial charge in [0.25, 0.3) is 5.56 Å². The predicted octanol–water partition coefficient (Wildman–Crippen LogP) is 1.45. The van der Waals surface area contributed by atoms with E-state index in [1.165, 1.54) is 0 Å². The van der Waals surface area contributed by atoms with Crippen molar-refractivity contribution in [2.75, 3.05) is 13.1 Å². The minimum atomic E-state index is 0.0504. The second kappa shape index (κ2) is 6.47. The van der Waals surface area contributed by atoms with E-state index in [0.717, 1.165) is 30.2 Å². The summed E-state index contributed by atoms with van der Waals surface area (Å²) in [6.07, 6.45) is 2.75. The lowest BCUT2D eigenvalue weighted by atomic mass is 10.3. The summed E-state index contributed by atoms with van der Waals surface area (Å²) in [6, 6.07) is 5.22. The standard InChI is InChI=1S/C13H17N3OS/c1-11-15-12(10-18-11)5-6-14-7-9-16-8-3-2-4-13(16)17/h2-4,8,10,14H,5-7,9H2,1H3. The first-order valence-corrected chi connectivity index (χ1v) is 6.91. The van der Waals surface area contributed by atoms with Crippen LogP contribution in [0.25, 0.3) is 0 Å². The van der Waals surface area contributed by atoms with Crippen LogP contribution in [-0.2, 0) is 13.0 Å². The van der Waals surface area contributed by atoms with Gasteiger partial charge in [0.2, 0.25) is 0 Å². The second-order valence-electron chi connectivity index (χ2n) is 4.09. The lowest BCUT2D eigenvalue weighted by molar-refractivity contribution is 0.584. The van der Waals surface area contributed by atoms with Gasteiger partial charge in [0.05, 0.1) is 10.7 Å². The quantitative estimate of drug-likeness (QED) is 0.802. The normalized spacial score (nSPS) is 10.7. The van der Waals surface area contributed by atoms with Gasteiger partial charge in [0.1, 0.15) is 0 Å². The van der Waals surface area contributed by atoms with Gasteiger partial charge in [-0.15, -0.1) is 11.3 Å². The van der Waals surface area contributed by atoms with Crippen molar-refractivity contribution in [3.05, 3.63) is 50.8 Å². The molecule has 0 amide bonds. The molecule has 0 aliphatic heterocycles. The van der Waals surface area contributed by atoms with Gasteiger partial charge in [-0.1, -0.05) is 6.07 Å². The van der Waals surface area contributed by atoms with Gasteiger partial charge in [0, 0.05) is 43.7 Å². The van der Waals surface area contributed by atoms with E-state index in [9.17, 15) is 4.79 Å². The number of thiazole rings is 1. The number of nitrogens with zero attached hydrogens (tertiary/aromatic N) is 2. The number of aromatic nitrogens is 2. The number of hydrogen-bond acceptors (Lipinski definition) is 4. The zero-order chi connectivity index (χ0) is 12.8. The summed E-state index contributed by atoms with van der Waals surface area (Å²) in [5.41, 5.74) is 1.19. The lowest BCUT2D eigenvalue weighted by Gasteiger charge is -2.06. The Labute approximate surface area is 110 Å². The molecule has 96 valence electrons. The Morgan fingerprint density at radius 3 is 3.00 bits per heavy atom. The molecule has 0 aliphatic carbocycles. The summed E-state index contributed by atoms with van der Waals surface area (Å²) in [5.74, 6) is 0. The van der Waals surface area contributed by atoms with E-state index in [2.05, 4.69) is 15.7 Å². The molecule has 0 saturated heterocycles. The van der Waals surface area contributed by atoms with Crippen LogP contribution in [0.5, 0.6) is 0 Å². The molecular formula is C13H17N3OS. The van der Waals surface area contributed by atoms with Crippen LogP contribution in [0.1, 0.15) is 10.7 Å². The van der Waals surface area contributed by atoms with Gasteiger partial charge >= 0.3 is 0 Å². The van der Waals surface area contributed by atoms with E-state index < -0.39 is 0 Å². The average Bonchev–Trinajstić information content (AvgIpc) is 2.77. The van der Waals surface area contributed by atoms with Crippen molar-refractivity contribution in [1.82, 2.24) is 14.9 Å². The molecule has 0 spiro atoms. The summed E-state index contributed by atoms with van der Waals surface area (Å²) in [6.45, 7) is 4.41. The summed E-state index contributed by atoms with van der Waals surface area (Å²) >= 11 is 1.68. The molecule has 0 radical (unpaired) electrons. The summed E-state index contributed by atoms with van der Waals surface area (Å²) < 4.78 is 1.71. The highest BCUT2D eigenvalue weighted by atomic mass is 32.1. The molecule has 5 heteroatoms. The first kappa shape index (κ1) is 13.0. The van der Waals surface area contributed by atoms with Crippen LogP contribution in [0.3, 0.4) is 0 Å². The summed E-state index contributed by atoms with van der Waals surface area (Å²) in [7, 11) is 0. The molecule has 0 unspecified atom stereocenters. The molecule has 18 heavy (non-hydrogen) atoms. The van der Waals surface area contributed by atoms with Gasteiger partial charge in [-0.25, -0.2) is 4.98 Å². The van der Waals surface area contributed by atoms with Crippen molar-refractivity contribution >= 4 is 11.3 Å². The molecule has 2 heterocycles. The number of hydrogen-bond donors (Lipinski definition) is 1. The van der Waals surface area contributed by atoms with E-state index >= 15 is 0 Å². The number of pyridine rings is 1. The third-order valence-corrected chi connectivity index (χ3v) is 3.48. The van der Waals surface area contributed by atoms with Crippen LogP contribution < -0.4 is 10.9 Å². The molecular weight excluding hydrogens is 246 g/mol. The minimum Gasteiger partial charge on any atom is -0.315 e. The van der Waals surface area contributed by atoms with Gasteiger partial charge in [0.15, 0.2) is 0 Å².